The first-order chi connectivity index (χ1) is 10.7. The molecule has 2 aromatic heterocycles. The quantitative estimate of drug-likeness (QED) is 0.734. The van der Waals surface area contributed by atoms with Gasteiger partial charge in [0, 0.05) is 23.3 Å². The summed E-state index contributed by atoms with van der Waals surface area (Å²) in [6, 6.07) is 9.29. The maximum absolute atomic E-state index is 5.92. The van der Waals surface area contributed by atoms with Crippen LogP contribution in [-0.2, 0) is 0 Å². The maximum Gasteiger partial charge on any atom is 0.162 e. The number of methoxy groups -OCH3 is 2. The van der Waals surface area contributed by atoms with Crippen LogP contribution in [0.3, 0.4) is 0 Å². The third-order valence-corrected chi connectivity index (χ3v) is 3.32. The number of fused-ring (bicyclic) bond motifs is 1. The van der Waals surface area contributed by atoms with E-state index in [1.807, 2.05) is 37.3 Å². The molecule has 1 aromatic carbocycles. The van der Waals surface area contributed by atoms with Crippen molar-refractivity contribution >= 4 is 10.9 Å². The van der Waals surface area contributed by atoms with Crippen LogP contribution in [0.2, 0.25) is 0 Å². The largest absolute Gasteiger partial charge is 0.493 e. The van der Waals surface area contributed by atoms with Gasteiger partial charge in [0.15, 0.2) is 11.5 Å². The zero-order chi connectivity index (χ0) is 15.5. The summed E-state index contributed by atoms with van der Waals surface area (Å²) in [6.07, 6.45) is 3.40. The molecule has 0 saturated heterocycles. The molecule has 22 heavy (non-hydrogen) atoms. The Hall–Kier alpha value is -2.82. The molecule has 0 fully saturated rings. The summed E-state index contributed by atoms with van der Waals surface area (Å²) in [6.45, 7) is 1.93. The number of ether oxygens (including phenoxy) is 3. The van der Waals surface area contributed by atoms with Crippen molar-refractivity contribution in [1.82, 2.24) is 9.97 Å². The average molecular weight is 296 g/mol. The van der Waals surface area contributed by atoms with Crippen LogP contribution < -0.4 is 14.2 Å². The Morgan fingerprint density at radius 2 is 1.64 bits per heavy atom. The summed E-state index contributed by atoms with van der Waals surface area (Å²) in [4.78, 5) is 8.58. The molecule has 0 aliphatic carbocycles. The van der Waals surface area contributed by atoms with E-state index in [4.69, 9.17) is 14.2 Å². The third kappa shape index (κ3) is 2.65. The summed E-state index contributed by atoms with van der Waals surface area (Å²) in [7, 11) is 3.20. The smallest absolute Gasteiger partial charge is 0.162 e. The molecule has 3 rings (SSSR count). The van der Waals surface area contributed by atoms with Gasteiger partial charge >= 0.3 is 0 Å². The van der Waals surface area contributed by atoms with Crippen LogP contribution in [0.5, 0.6) is 23.0 Å². The minimum atomic E-state index is 0.634. The normalized spacial score (nSPS) is 10.5. The lowest BCUT2D eigenvalue weighted by molar-refractivity contribution is 0.355. The summed E-state index contributed by atoms with van der Waals surface area (Å²) in [5.74, 6) is 2.64. The number of aromatic nitrogens is 2. The summed E-state index contributed by atoms with van der Waals surface area (Å²) in [5.41, 5.74) is 1.72. The Bertz CT molecular complexity index is 801. The highest BCUT2D eigenvalue weighted by Crippen LogP contribution is 2.36. The van der Waals surface area contributed by atoms with E-state index in [0.717, 1.165) is 16.6 Å². The fraction of sp³-hybridized carbons (Fsp3) is 0.176. The average Bonchev–Trinajstić information content (AvgIpc) is 2.56. The number of benzene rings is 1. The van der Waals surface area contributed by atoms with E-state index in [9.17, 15) is 0 Å². The number of nitrogens with zero attached hydrogens (tertiary/aromatic N) is 2. The molecular weight excluding hydrogens is 280 g/mol. The van der Waals surface area contributed by atoms with E-state index in [1.54, 1.807) is 26.6 Å². The molecule has 112 valence electrons. The van der Waals surface area contributed by atoms with Gasteiger partial charge in [-0.05, 0) is 31.2 Å². The van der Waals surface area contributed by atoms with Crippen molar-refractivity contribution < 1.29 is 14.2 Å². The van der Waals surface area contributed by atoms with Gasteiger partial charge in [-0.25, -0.2) is 0 Å². The third-order valence-electron chi connectivity index (χ3n) is 3.32. The summed E-state index contributed by atoms with van der Waals surface area (Å²) < 4.78 is 16.6. The van der Waals surface area contributed by atoms with Gasteiger partial charge in [0.05, 0.1) is 25.9 Å². The predicted molar refractivity (Wildman–Crippen MR) is 83.9 cm³/mol. The molecule has 3 aromatic rings. The molecule has 0 amide bonds. The lowest BCUT2D eigenvalue weighted by atomic mass is 10.2. The summed E-state index contributed by atoms with van der Waals surface area (Å²) >= 11 is 0. The Morgan fingerprint density at radius 3 is 2.32 bits per heavy atom. The maximum atomic E-state index is 5.92. The van der Waals surface area contributed by atoms with Gasteiger partial charge in [0.1, 0.15) is 11.5 Å². The predicted octanol–water partition coefficient (Wildman–Crippen LogP) is 3.75. The van der Waals surface area contributed by atoms with Crippen LogP contribution in [0.4, 0.5) is 0 Å². The molecule has 0 N–H and O–H groups in total. The van der Waals surface area contributed by atoms with Crippen LogP contribution in [0.1, 0.15) is 5.69 Å². The first kappa shape index (κ1) is 14.1. The zero-order valence-electron chi connectivity index (χ0n) is 12.7. The second-order valence-corrected chi connectivity index (χ2v) is 4.77. The highest BCUT2D eigenvalue weighted by Gasteiger charge is 2.11. The molecule has 5 nitrogen and oxygen atoms in total. The monoisotopic (exact) mass is 296 g/mol. The van der Waals surface area contributed by atoms with Crippen molar-refractivity contribution in [2.24, 2.45) is 0 Å². The van der Waals surface area contributed by atoms with Crippen molar-refractivity contribution in [2.45, 2.75) is 6.92 Å². The molecule has 0 unspecified atom stereocenters. The fourth-order valence-corrected chi connectivity index (χ4v) is 2.18. The van der Waals surface area contributed by atoms with Gasteiger partial charge in [-0.1, -0.05) is 0 Å². The number of aryl methyl sites for hydroxylation is 1. The fourth-order valence-electron chi connectivity index (χ4n) is 2.18. The van der Waals surface area contributed by atoms with Crippen molar-refractivity contribution in [1.29, 1.82) is 0 Å². The van der Waals surface area contributed by atoms with Crippen molar-refractivity contribution in [2.75, 3.05) is 14.2 Å². The molecule has 2 heterocycles. The van der Waals surface area contributed by atoms with E-state index in [0.29, 0.717) is 23.0 Å². The Balaban J connectivity index is 2.07. The van der Waals surface area contributed by atoms with Crippen LogP contribution in [0.15, 0.2) is 42.7 Å². The Labute approximate surface area is 128 Å². The van der Waals surface area contributed by atoms with Crippen LogP contribution in [-0.4, -0.2) is 24.2 Å². The highest BCUT2D eigenvalue weighted by atomic mass is 16.5. The van der Waals surface area contributed by atoms with E-state index < -0.39 is 0 Å². The summed E-state index contributed by atoms with van der Waals surface area (Å²) in [5, 5.41) is 0.848. The first-order valence-electron chi connectivity index (χ1n) is 6.82. The minimum absolute atomic E-state index is 0.634. The molecule has 0 aliphatic rings. The molecular formula is C17H16N2O3. The van der Waals surface area contributed by atoms with Crippen LogP contribution in [0, 0.1) is 6.92 Å². The molecule has 0 saturated carbocycles. The molecule has 0 atom stereocenters. The van der Waals surface area contributed by atoms with Gasteiger partial charge in [-0.3, -0.25) is 9.97 Å². The van der Waals surface area contributed by atoms with Crippen molar-refractivity contribution in [3.8, 4) is 23.0 Å². The molecule has 0 radical (unpaired) electrons. The topological polar surface area (TPSA) is 53.5 Å². The lowest BCUT2D eigenvalue weighted by Gasteiger charge is -2.12. The molecule has 0 aliphatic heterocycles. The molecule has 0 spiro atoms. The SMILES string of the molecule is COc1cc2nccc(Oc3ccc(C)nc3)c2cc1OC. The number of pyridine rings is 2. The lowest BCUT2D eigenvalue weighted by Crippen LogP contribution is -1.93. The second-order valence-electron chi connectivity index (χ2n) is 4.77. The van der Waals surface area contributed by atoms with E-state index in [1.165, 1.54) is 0 Å². The van der Waals surface area contributed by atoms with Gasteiger partial charge in [-0.15, -0.1) is 0 Å². The Kier molecular flexibility index (Phi) is 3.78. The minimum Gasteiger partial charge on any atom is -0.493 e. The van der Waals surface area contributed by atoms with Gasteiger partial charge in [0.2, 0.25) is 0 Å². The van der Waals surface area contributed by atoms with Crippen LogP contribution in [0.25, 0.3) is 10.9 Å². The van der Waals surface area contributed by atoms with E-state index >= 15 is 0 Å². The number of hydrogen-bond acceptors (Lipinski definition) is 5. The second kappa shape index (κ2) is 5.89. The number of rotatable bonds is 4. The zero-order valence-corrected chi connectivity index (χ0v) is 12.7. The number of hydrogen-bond donors (Lipinski definition) is 0. The highest BCUT2D eigenvalue weighted by molar-refractivity contribution is 5.88. The van der Waals surface area contributed by atoms with Gasteiger partial charge in [-0.2, -0.15) is 0 Å². The molecule has 0 bridgehead atoms. The Morgan fingerprint density at radius 1 is 0.864 bits per heavy atom. The van der Waals surface area contributed by atoms with Gasteiger partial charge < -0.3 is 14.2 Å². The van der Waals surface area contributed by atoms with E-state index in [2.05, 4.69) is 9.97 Å². The standard InChI is InChI=1S/C17H16N2O3/c1-11-4-5-12(10-19-11)22-15-6-7-18-14-9-17(21-3)16(20-2)8-13(14)15/h4-10H,1-3H3. The molecule has 5 heteroatoms. The van der Waals surface area contributed by atoms with Crippen molar-refractivity contribution in [3.63, 3.8) is 0 Å². The van der Waals surface area contributed by atoms with Gasteiger partial charge in [0.25, 0.3) is 0 Å². The van der Waals surface area contributed by atoms with Crippen molar-refractivity contribution in [3.05, 3.63) is 48.4 Å². The first-order valence-corrected chi connectivity index (χ1v) is 6.82. The van der Waals surface area contributed by atoms with Crippen LogP contribution >= 0.6 is 0 Å². The van der Waals surface area contributed by atoms with E-state index in [-0.39, 0.29) is 0 Å².